The van der Waals surface area contributed by atoms with Gasteiger partial charge in [0.2, 0.25) is 17.8 Å². The van der Waals surface area contributed by atoms with Crippen molar-refractivity contribution in [3.63, 3.8) is 0 Å². The number of hydrogen-bond donors (Lipinski definition) is 1. The SMILES string of the molecule is CN(C)c1nc(N2CCOCC2)ncc1NC(=O)C1CC(=O)N(c2ccc(Cl)cc2)C1. The Hall–Kier alpha value is -2.91. The zero-order chi connectivity index (χ0) is 22.0. The molecule has 2 aromatic rings. The van der Waals surface area contributed by atoms with E-state index in [1.54, 1.807) is 35.4 Å². The Bertz CT molecular complexity index is 962. The molecule has 2 aliphatic rings. The minimum Gasteiger partial charge on any atom is -0.378 e. The van der Waals surface area contributed by atoms with Crippen LogP contribution in [-0.2, 0) is 14.3 Å². The van der Waals surface area contributed by atoms with Crippen molar-refractivity contribution >= 4 is 46.6 Å². The molecule has 2 saturated heterocycles. The molecule has 1 aromatic heterocycles. The number of hydrogen-bond acceptors (Lipinski definition) is 7. The number of benzene rings is 1. The van der Waals surface area contributed by atoms with Crippen LogP contribution in [0.2, 0.25) is 5.02 Å². The normalized spacial score (nSPS) is 18.9. The van der Waals surface area contributed by atoms with Crippen molar-refractivity contribution < 1.29 is 14.3 Å². The van der Waals surface area contributed by atoms with Gasteiger partial charge in [-0.3, -0.25) is 9.59 Å². The third-order valence-corrected chi connectivity index (χ3v) is 5.62. The second kappa shape index (κ2) is 9.07. The quantitative estimate of drug-likeness (QED) is 0.754. The highest BCUT2D eigenvalue weighted by Crippen LogP contribution is 2.29. The van der Waals surface area contributed by atoms with E-state index in [9.17, 15) is 9.59 Å². The molecule has 4 rings (SSSR count). The van der Waals surface area contributed by atoms with Crippen LogP contribution in [0.5, 0.6) is 0 Å². The highest BCUT2D eigenvalue weighted by Gasteiger charge is 2.35. The largest absolute Gasteiger partial charge is 0.378 e. The van der Waals surface area contributed by atoms with Crippen LogP contribution in [0.4, 0.5) is 23.1 Å². The summed E-state index contributed by atoms with van der Waals surface area (Å²) in [5.74, 6) is 0.445. The minimum atomic E-state index is -0.461. The van der Waals surface area contributed by atoms with Crippen LogP contribution in [0.25, 0.3) is 0 Å². The maximum atomic E-state index is 12.9. The number of carbonyl (C=O) groups excluding carboxylic acids is 2. The van der Waals surface area contributed by atoms with Crippen LogP contribution < -0.4 is 20.0 Å². The second-order valence-corrected chi connectivity index (χ2v) is 8.21. The third-order valence-electron chi connectivity index (χ3n) is 5.37. The maximum absolute atomic E-state index is 12.9. The van der Waals surface area contributed by atoms with E-state index in [2.05, 4.69) is 20.2 Å². The summed E-state index contributed by atoms with van der Waals surface area (Å²) in [4.78, 5) is 40.0. The Morgan fingerprint density at radius 1 is 1.23 bits per heavy atom. The van der Waals surface area contributed by atoms with Gasteiger partial charge in [-0.2, -0.15) is 4.98 Å². The van der Waals surface area contributed by atoms with Gasteiger partial charge in [0.05, 0.1) is 25.3 Å². The van der Waals surface area contributed by atoms with Crippen molar-refractivity contribution in [2.75, 3.05) is 67.0 Å². The van der Waals surface area contributed by atoms with Crippen LogP contribution in [0, 0.1) is 5.92 Å². The van der Waals surface area contributed by atoms with Crippen LogP contribution in [0.15, 0.2) is 30.5 Å². The molecular weight excluding hydrogens is 420 g/mol. The number of rotatable bonds is 5. The molecule has 31 heavy (non-hydrogen) atoms. The van der Waals surface area contributed by atoms with E-state index in [-0.39, 0.29) is 18.2 Å². The highest BCUT2D eigenvalue weighted by atomic mass is 35.5. The van der Waals surface area contributed by atoms with Gasteiger partial charge in [-0.1, -0.05) is 11.6 Å². The van der Waals surface area contributed by atoms with Crippen LogP contribution in [0.3, 0.4) is 0 Å². The number of nitrogens with zero attached hydrogens (tertiary/aromatic N) is 5. The monoisotopic (exact) mass is 444 g/mol. The molecule has 0 radical (unpaired) electrons. The third kappa shape index (κ3) is 4.72. The van der Waals surface area contributed by atoms with Crippen LogP contribution >= 0.6 is 11.6 Å². The lowest BCUT2D eigenvalue weighted by molar-refractivity contribution is -0.122. The average molecular weight is 445 g/mol. The second-order valence-electron chi connectivity index (χ2n) is 7.77. The predicted molar refractivity (Wildman–Crippen MR) is 120 cm³/mol. The summed E-state index contributed by atoms with van der Waals surface area (Å²) in [6.07, 6.45) is 1.78. The van der Waals surface area contributed by atoms with Gasteiger partial charge in [0, 0.05) is 50.9 Å². The Labute approximate surface area is 185 Å². The van der Waals surface area contributed by atoms with Crippen LogP contribution in [-0.4, -0.2) is 68.7 Å². The number of ether oxygens (including phenoxy) is 1. The molecule has 9 nitrogen and oxygen atoms in total. The number of morpholine rings is 1. The summed E-state index contributed by atoms with van der Waals surface area (Å²) in [5, 5.41) is 3.52. The van der Waals surface area contributed by atoms with Gasteiger partial charge < -0.3 is 24.8 Å². The first-order valence-electron chi connectivity index (χ1n) is 10.2. The number of carbonyl (C=O) groups is 2. The van der Waals surface area contributed by atoms with Gasteiger partial charge in [-0.15, -0.1) is 0 Å². The molecule has 1 aromatic carbocycles. The Morgan fingerprint density at radius 2 is 1.94 bits per heavy atom. The zero-order valence-corrected chi connectivity index (χ0v) is 18.3. The fraction of sp³-hybridized carbons (Fsp3) is 0.429. The topological polar surface area (TPSA) is 90.9 Å². The highest BCUT2D eigenvalue weighted by molar-refractivity contribution is 6.30. The standard InChI is InChI=1S/C21H25ClN6O3/c1-26(2)19-17(12-23-21(25-19)27-7-9-31-10-8-27)24-20(30)14-11-18(29)28(13-14)16-5-3-15(22)4-6-16/h3-6,12,14H,7-11,13H2,1-2H3,(H,24,30). The summed E-state index contributed by atoms with van der Waals surface area (Å²) in [7, 11) is 3.73. The smallest absolute Gasteiger partial charge is 0.229 e. The van der Waals surface area contributed by atoms with Crippen molar-refractivity contribution in [2.45, 2.75) is 6.42 Å². The average Bonchev–Trinajstić information content (AvgIpc) is 3.17. The van der Waals surface area contributed by atoms with Crippen molar-refractivity contribution in [1.29, 1.82) is 0 Å². The molecular formula is C21H25ClN6O3. The van der Waals surface area contributed by atoms with Crippen molar-refractivity contribution in [3.8, 4) is 0 Å². The summed E-state index contributed by atoms with van der Waals surface area (Å²) in [5.41, 5.74) is 1.25. The summed E-state index contributed by atoms with van der Waals surface area (Å²) >= 11 is 5.93. The molecule has 0 spiro atoms. The van der Waals surface area contributed by atoms with Crippen LogP contribution in [0.1, 0.15) is 6.42 Å². The molecule has 0 aliphatic carbocycles. The Kier molecular flexibility index (Phi) is 6.24. The molecule has 1 N–H and O–H groups in total. The fourth-order valence-corrected chi connectivity index (χ4v) is 3.82. The summed E-state index contributed by atoms with van der Waals surface area (Å²) in [6, 6.07) is 7.02. The number of anilines is 4. The van der Waals surface area contributed by atoms with Crippen molar-refractivity contribution in [2.24, 2.45) is 5.92 Å². The summed E-state index contributed by atoms with van der Waals surface area (Å²) < 4.78 is 5.38. The summed E-state index contributed by atoms with van der Waals surface area (Å²) in [6.45, 7) is 3.04. The lowest BCUT2D eigenvalue weighted by atomic mass is 10.1. The number of halogens is 1. The van der Waals surface area contributed by atoms with E-state index < -0.39 is 5.92 Å². The van der Waals surface area contributed by atoms with E-state index in [1.165, 1.54) is 0 Å². The van der Waals surface area contributed by atoms with Gasteiger partial charge in [-0.25, -0.2) is 4.98 Å². The maximum Gasteiger partial charge on any atom is 0.229 e. The molecule has 2 aliphatic heterocycles. The molecule has 10 heteroatoms. The van der Waals surface area contributed by atoms with E-state index in [4.69, 9.17) is 16.3 Å². The molecule has 3 heterocycles. The van der Waals surface area contributed by atoms with E-state index in [1.807, 2.05) is 19.0 Å². The zero-order valence-electron chi connectivity index (χ0n) is 17.5. The first-order valence-corrected chi connectivity index (χ1v) is 10.5. The minimum absolute atomic E-state index is 0.0887. The predicted octanol–water partition coefficient (Wildman–Crippen LogP) is 2.02. The molecule has 1 atom stereocenters. The lowest BCUT2D eigenvalue weighted by Crippen LogP contribution is -2.37. The Morgan fingerprint density at radius 3 is 2.61 bits per heavy atom. The van der Waals surface area contributed by atoms with Crippen molar-refractivity contribution in [3.05, 3.63) is 35.5 Å². The van der Waals surface area contributed by atoms with E-state index >= 15 is 0 Å². The molecule has 0 bridgehead atoms. The van der Waals surface area contributed by atoms with Gasteiger partial charge in [0.1, 0.15) is 5.69 Å². The number of nitrogens with one attached hydrogen (secondary N) is 1. The van der Waals surface area contributed by atoms with Crippen molar-refractivity contribution in [1.82, 2.24) is 9.97 Å². The first-order chi connectivity index (χ1) is 14.9. The molecule has 0 saturated carbocycles. The van der Waals surface area contributed by atoms with Gasteiger partial charge in [-0.05, 0) is 24.3 Å². The fourth-order valence-electron chi connectivity index (χ4n) is 3.70. The van der Waals surface area contributed by atoms with E-state index in [0.29, 0.717) is 42.2 Å². The molecule has 2 fully saturated rings. The number of amides is 2. The van der Waals surface area contributed by atoms with Gasteiger partial charge >= 0.3 is 0 Å². The molecule has 1 unspecified atom stereocenters. The lowest BCUT2D eigenvalue weighted by Gasteiger charge is -2.28. The van der Waals surface area contributed by atoms with Gasteiger partial charge in [0.25, 0.3) is 0 Å². The molecule has 164 valence electrons. The Balaban J connectivity index is 1.47. The molecule has 2 amide bonds. The number of aromatic nitrogens is 2. The van der Waals surface area contributed by atoms with Gasteiger partial charge in [0.15, 0.2) is 5.82 Å². The van der Waals surface area contributed by atoms with E-state index in [0.717, 1.165) is 18.8 Å². The first kappa shape index (κ1) is 21.3.